The molecule has 1 heterocycles. The largest absolute Gasteiger partial charge is 0.427 e. The number of Topliss-reactive ketones (excluding diaryl/α,β-unsaturated/α-hetero) is 1. The van der Waals surface area contributed by atoms with Gasteiger partial charge in [0.1, 0.15) is 0 Å². The minimum atomic E-state index is -0.106. The summed E-state index contributed by atoms with van der Waals surface area (Å²) in [4.78, 5) is 18.6. The number of aromatic nitrogens is 2. The Balaban J connectivity index is 0.00000121. The van der Waals surface area contributed by atoms with E-state index in [1.165, 1.54) is 6.92 Å². The first-order chi connectivity index (χ1) is 5.09. The van der Waals surface area contributed by atoms with Gasteiger partial charge in [-0.2, -0.15) is 0 Å². The molecule has 0 atom stereocenters. The first kappa shape index (κ1) is 11.9. The molecule has 61 valence electrons. The van der Waals surface area contributed by atoms with Crippen molar-refractivity contribution in [3.05, 3.63) is 23.3 Å². The topological polar surface area (TPSA) is 42.9 Å². The standard InChI is InChI=1S/C8H9N2O.Y/c1-5-4-6(2)10-8(9-5)7(3)11;/h1-3H3;/q-1;. The third-order valence-corrected chi connectivity index (χ3v) is 1.22. The summed E-state index contributed by atoms with van der Waals surface area (Å²) < 4.78 is 0. The van der Waals surface area contributed by atoms with Gasteiger partial charge in [0.05, 0.1) is 0 Å². The Morgan fingerprint density at radius 3 is 2.00 bits per heavy atom. The van der Waals surface area contributed by atoms with Crippen LogP contribution < -0.4 is 0 Å². The van der Waals surface area contributed by atoms with Crippen molar-refractivity contribution in [2.45, 2.75) is 20.8 Å². The van der Waals surface area contributed by atoms with Crippen LogP contribution >= 0.6 is 0 Å². The predicted octanol–water partition coefficient (Wildman–Crippen LogP) is 1.09. The zero-order chi connectivity index (χ0) is 8.43. The summed E-state index contributed by atoms with van der Waals surface area (Å²) in [5, 5.41) is 0. The Morgan fingerprint density at radius 1 is 1.25 bits per heavy atom. The number of carbonyl (C=O) groups is 1. The predicted molar refractivity (Wildman–Crippen MR) is 40.3 cm³/mol. The van der Waals surface area contributed by atoms with E-state index in [0.29, 0.717) is 11.4 Å². The molecule has 0 aliphatic carbocycles. The van der Waals surface area contributed by atoms with Gasteiger partial charge in [0.25, 0.3) is 0 Å². The molecule has 0 aromatic carbocycles. The second-order valence-corrected chi connectivity index (χ2v) is 2.40. The zero-order valence-corrected chi connectivity index (χ0v) is 10.2. The summed E-state index contributed by atoms with van der Waals surface area (Å²) in [5.41, 5.74) is 1.42. The van der Waals surface area contributed by atoms with Gasteiger partial charge in [0, 0.05) is 39.6 Å². The van der Waals surface area contributed by atoms with E-state index in [2.05, 4.69) is 16.0 Å². The number of hydrogen-bond donors (Lipinski definition) is 0. The molecular weight excluding hydrogens is 229 g/mol. The van der Waals surface area contributed by atoms with Crippen LogP contribution in [0, 0.1) is 19.9 Å². The van der Waals surface area contributed by atoms with Crippen molar-refractivity contribution in [1.29, 1.82) is 0 Å². The van der Waals surface area contributed by atoms with Crippen LogP contribution in [-0.2, 0) is 32.7 Å². The van der Waals surface area contributed by atoms with Crippen LogP contribution in [0.2, 0.25) is 0 Å². The Kier molecular flexibility index (Phi) is 4.72. The summed E-state index contributed by atoms with van der Waals surface area (Å²) >= 11 is 0. The van der Waals surface area contributed by atoms with Crippen LogP contribution in [0.4, 0.5) is 0 Å². The smallest absolute Gasteiger partial charge is 0.196 e. The summed E-state index contributed by atoms with van der Waals surface area (Å²) in [5.74, 6) is 0.170. The number of nitrogens with zero attached hydrogens (tertiary/aromatic N) is 2. The van der Waals surface area contributed by atoms with Gasteiger partial charge in [-0.3, -0.25) is 14.8 Å². The molecule has 0 fully saturated rings. The maximum Gasteiger partial charge on any atom is 0.196 e. The molecule has 3 nitrogen and oxygen atoms in total. The first-order valence-electron chi connectivity index (χ1n) is 3.35. The monoisotopic (exact) mass is 238 g/mol. The normalized spacial score (nSPS) is 8.92. The molecule has 0 saturated carbocycles. The van der Waals surface area contributed by atoms with Crippen molar-refractivity contribution < 1.29 is 37.5 Å². The second-order valence-electron chi connectivity index (χ2n) is 2.40. The molecule has 0 spiro atoms. The van der Waals surface area contributed by atoms with Crippen molar-refractivity contribution >= 4 is 5.78 Å². The van der Waals surface area contributed by atoms with Crippen molar-refractivity contribution in [3.8, 4) is 0 Å². The number of ketones is 1. The molecule has 0 saturated heterocycles. The fraction of sp³-hybridized carbons (Fsp3) is 0.375. The molecule has 0 aliphatic rings. The van der Waals surface area contributed by atoms with Crippen molar-refractivity contribution in [3.63, 3.8) is 0 Å². The average molecular weight is 238 g/mol. The van der Waals surface area contributed by atoms with Gasteiger partial charge in [-0.05, 0) is 0 Å². The molecule has 0 aliphatic heterocycles. The van der Waals surface area contributed by atoms with Crippen LogP contribution in [0.1, 0.15) is 28.9 Å². The fourth-order valence-corrected chi connectivity index (χ4v) is 0.818. The molecule has 1 aromatic rings. The molecule has 0 amide bonds. The number of rotatable bonds is 1. The molecule has 1 aromatic heterocycles. The summed E-state index contributed by atoms with van der Waals surface area (Å²) in [6.07, 6.45) is 0. The molecule has 0 unspecified atom stereocenters. The Bertz CT molecular complexity index is 279. The Hall–Kier alpha value is -0.146. The van der Waals surface area contributed by atoms with E-state index in [1.807, 2.05) is 0 Å². The quantitative estimate of drug-likeness (QED) is 0.543. The van der Waals surface area contributed by atoms with Crippen LogP contribution in [0.15, 0.2) is 0 Å². The number of hydrogen-bond acceptors (Lipinski definition) is 3. The van der Waals surface area contributed by atoms with Gasteiger partial charge in [-0.15, -0.1) is 11.4 Å². The van der Waals surface area contributed by atoms with Crippen molar-refractivity contribution in [1.82, 2.24) is 9.97 Å². The van der Waals surface area contributed by atoms with E-state index < -0.39 is 0 Å². The molecule has 1 rings (SSSR count). The van der Waals surface area contributed by atoms with Gasteiger partial charge in [0.2, 0.25) is 0 Å². The second kappa shape index (κ2) is 4.78. The fourth-order valence-electron chi connectivity index (χ4n) is 0.818. The van der Waals surface area contributed by atoms with Crippen molar-refractivity contribution in [2.24, 2.45) is 0 Å². The minimum Gasteiger partial charge on any atom is -0.427 e. The SMILES string of the molecule is CC(=O)c1nc(C)[c-]c(C)n1.[Y]. The van der Waals surface area contributed by atoms with Gasteiger partial charge < -0.3 is 6.07 Å². The number of carbonyl (C=O) groups excluding carboxylic acids is 1. The Morgan fingerprint density at radius 2 is 1.67 bits per heavy atom. The summed E-state index contributed by atoms with van der Waals surface area (Å²) in [6.45, 7) is 5.04. The molecule has 0 N–H and O–H groups in total. The first-order valence-corrected chi connectivity index (χ1v) is 3.35. The molecule has 12 heavy (non-hydrogen) atoms. The van der Waals surface area contributed by atoms with Crippen molar-refractivity contribution in [2.75, 3.05) is 0 Å². The molecular formula is C8H9N2OY-. The van der Waals surface area contributed by atoms with Crippen LogP contribution in [0.25, 0.3) is 0 Å². The molecule has 0 bridgehead atoms. The van der Waals surface area contributed by atoms with E-state index in [-0.39, 0.29) is 44.3 Å². The van der Waals surface area contributed by atoms with E-state index in [9.17, 15) is 4.79 Å². The van der Waals surface area contributed by atoms with Gasteiger partial charge in [-0.25, -0.2) is 0 Å². The zero-order valence-electron chi connectivity index (χ0n) is 7.38. The summed E-state index contributed by atoms with van der Waals surface area (Å²) in [6, 6.07) is 2.89. The minimum absolute atomic E-state index is 0. The van der Waals surface area contributed by atoms with Crippen LogP contribution in [0.3, 0.4) is 0 Å². The van der Waals surface area contributed by atoms with E-state index in [4.69, 9.17) is 0 Å². The van der Waals surface area contributed by atoms with E-state index in [0.717, 1.165) is 0 Å². The van der Waals surface area contributed by atoms with Gasteiger partial charge in [-0.1, -0.05) is 13.8 Å². The average Bonchev–Trinajstić information content (AvgIpc) is 1.85. The molecule has 1 radical (unpaired) electrons. The van der Waals surface area contributed by atoms with Crippen LogP contribution in [0.5, 0.6) is 0 Å². The summed E-state index contributed by atoms with van der Waals surface area (Å²) in [7, 11) is 0. The van der Waals surface area contributed by atoms with Gasteiger partial charge >= 0.3 is 0 Å². The third kappa shape index (κ3) is 3.07. The maximum absolute atomic E-state index is 10.8. The van der Waals surface area contributed by atoms with E-state index >= 15 is 0 Å². The molecule has 4 heteroatoms. The van der Waals surface area contributed by atoms with Crippen LogP contribution in [-0.4, -0.2) is 15.8 Å². The van der Waals surface area contributed by atoms with Gasteiger partial charge in [0.15, 0.2) is 11.6 Å². The Labute approximate surface area is 96.9 Å². The maximum atomic E-state index is 10.8. The number of aryl methyl sites for hydroxylation is 2. The third-order valence-electron chi connectivity index (χ3n) is 1.22. The van der Waals surface area contributed by atoms with E-state index in [1.54, 1.807) is 13.8 Å².